The van der Waals surface area contributed by atoms with Gasteiger partial charge in [-0.25, -0.2) is 0 Å². The van der Waals surface area contributed by atoms with Gasteiger partial charge in [0.25, 0.3) is 0 Å². The molecule has 2 N–H and O–H groups in total. The molecule has 0 aromatic carbocycles. The lowest BCUT2D eigenvalue weighted by Gasteiger charge is -2.27. The second kappa shape index (κ2) is 10.3. The standard InChI is InChI=1S/C18H24N4OS2.HI/c1-3-14-4-5-15(25-14)10-20-18(19-2)21-11-17(23)22-8-6-16-13(12-22)7-9-24-16;/h4-5,7,9H,3,6,8,10-12H2,1-2H3,(H2,19,20,21);1H. The van der Waals surface area contributed by atoms with Crippen molar-refractivity contribution in [2.75, 3.05) is 20.1 Å². The maximum Gasteiger partial charge on any atom is 0.242 e. The number of aryl methyl sites for hydroxylation is 1. The van der Waals surface area contributed by atoms with Crippen molar-refractivity contribution in [1.82, 2.24) is 15.5 Å². The molecule has 1 aliphatic heterocycles. The molecule has 1 amide bonds. The molecular formula is C18H25IN4OS2. The van der Waals surface area contributed by atoms with Gasteiger partial charge in [0.05, 0.1) is 13.1 Å². The molecule has 0 saturated carbocycles. The third kappa shape index (κ3) is 5.43. The van der Waals surface area contributed by atoms with Crippen LogP contribution in [0.3, 0.4) is 0 Å². The summed E-state index contributed by atoms with van der Waals surface area (Å²) in [7, 11) is 1.73. The quantitative estimate of drug-likeness (QED) is 0.374. The first-order valence-corrected chi connectivity index (χ1v) is 10.2. The Kier molecular flexibility index (Phi) is 8.36. The molecule has 0 saturated heterocycles. The summed E-state index contributed by atoms with van der Waals surface area (Å²) in [5, 5.41) is 8.51. The van der Waals surface area contributed by atoms with Crippen molar-refractivity contribution in [3.05, 3.63) is 43.8 Å². The molecule has 26 heavy (non-hydrogen) atoms. The molecular weight excluding hydrogens is 479 g/mol. The number of halogens is 1. The molecule has 2 aromatic heterocycles. The molecule has 2 aromatic rings. The molecule has 0 unspecified atom stereocenters. The largest absolute Gasteiger partial charge is 0.352 e. The Morgan fingerprint density at radius 1 is 1.27 bits per heavy atom. The normalized spacial score (nSPS) is 13.8. The van der Waals surface area contributed by atoms with Gasteiger partial charge in [-0.15, -0.1) is 46.7 Å². The van der Waals surface area contributed by atoms with E-state index < -0.39 is 0 Å². The second-order valence-corrected chi connectivity index (χ2v) is 8.19. The summed E-state index contributed by atoms with van der Waals surface area (Å²) >= 11 is 3.59. The Bertz CT molecular complexity index is 756. The van der Waals surface area contributed by atoms with Crippen LogP contribution in [0.5, 0.6) is 0 Å². The van der Waals surface area contributed by atoms with Gasteiger partial charge in [-0.1, -0.05) is 6.92 Å². The fourth-order valence-electron chi connectivity index (χ4n) is 2.83. The number of thiophene rings is 2. The maximum absolute atomic E-state index is 12.5. The van der Waals surface area contributed by atoms with Gasteiger partial charge in [0.2, 0.25) is 5.91 Å². The summed E-state index contributed by atoms with van der Waals surface area (Å²) < 4.78 is 0. The van der Waals surface area contributed by atoms with Crippen molar-refractivity contribution in [2.24, 2.45) is 4.99 Å². The van der Waals surface area contributed by atoms with Crippen molar-refractivity contribution in [3.63, 3.8) is 0 Å². The molecule has 0 atom stereocenters. The number of carbonyl (C=O) groups is 1. The van der Waals surface area contributed by atoms with E-state index in [0.29, 0.717) is 5.96 Å². The zero-order valence-electron chi connectivity index (χ0n) is 15.1. The highest BCUT2D eigenvalue weighted by Crippen LogP contribution is 2.23. The van der Waals surface area contributed by atoms with Gasteiger partial charge in [-0.05, 0) is 42.0 Å². The fraction of sp³-hybridized carbons (Fsp3) is 0.444. The first-order chi connectivity index (χ1) is 12.2. The van der Waals surface area contributed by atoms with E-state index in [2.05, 4.69) is 46.1 Å². The zero-order chi connectivity index (χ0) is 17.6. The van der Waals surface area contributed by atoms with E-state index in [0.717, 1.165) is 32.5 Å². The minimum Gasteiger partial charge on any atom is -0.352 e. The van der Waals surface area contributed by atoms with Crippen LogP contribution in [0.25, 0.3) is 0 Å². The van der Waals surface area contributed by atoms with Crippen LogP contribution in [-0.2, 0) is 30.7 Å². The second-order valence-electron chi connectivity index (χ2n) is 5.94. The highest BCUT2D eigenvalue weighted by Gasteiger charge is 2.21. The van der Waals surface area contributed by atoms with E-state index in [-0.39, 0.29) is 36.4 Å². The number of hydrogen-bond acceptors (Lipinski definition) is 4. The summed E-state index contributed by atoms with van der Waals surface area (Å²) in [6.45, 7) is 4.68. The van der Waals surface area contributed by atoms with Crippen LogP contribution >= 0.6 is 46.7 Å². The molecule has 1 aliphatic rings. The lowest BCUT2D eigenvalue weighted by atomic mass is 10.1. The average molecular weight is 504 g/mol. The van der Waals surface area contributed by atoms with Crippen LogP contribution in [0.15, 0.2) is 28.6 Å². The van der Waals surface area contributed by atoms with E-state index in [1.165, 1.54) is 20.2 Å². The van der Waals surface area contributed by atoms with Gasteiger partial charge in [-0.2, -0.15) is 0 Å². The minimum atomic E-state index is 0. The number of guanidine groups is 1. The molecule has 0 fully saturated rings. The Balaban J connectivity index is 0.00000243. The Hall–Kier alpha value is -1.13. The van der Waals surface area contributed by atoms with Gasteiger partial charge < -0.3 is 15.5 Å². The van der Waals surface area contributed by atoms with Crippen LogP contribution in [-0.4, -0.2) is 36.9 Å². The Labute approximate surface area is 179 Å². The maximum atomic E-state index is 12.5. The third-order valence-electron chi connectivity index (χ3n) is 4.29. The molecule has 8 heteroatoms. The molecule has 3 rings (SSSR count). The van der Waals surface area contributed by atoms with E-state index in [4.69, 9.17) is 0 Å². The third-order valence-corrected chi connectivity index (χ3v) is 6.54. The summed E-state index contributed by atoms with van der Waals surface area (Å²) in [6, 6.07) is 6.43. The topological polar surface area (TPSA) is 56.7 Å². The summed E-state index contributed by atoms with van der Waals surface area (Å²) in [4.78, 5) is 22.6. The fourth-order valence-corrected chi connectivity index (χ4v) is 4.62. The number of fused-ring (bicyclic) bond motifs is 1. The molecule has 0 radical (unpaired) electrons. The monoisotopic (exact) mass is 504 g/mol. The average Bonchev–Trinajstić information content (AvgIpc) is 3.29. The Morgan fingerprint density at radius 3 is 2.81 bits per heavy atom. The highest BCUT2D eigenvalue weighted by atomic mass is 127. The first kappa shape index (κ1) is 21.2. The van der Waals surface area contributed by atoms with Gasteiger partial charge in [-0.3, -0.25) is 9.79 Å². The summed E-state index contributed by atoms with van der Waals surface area (Å²) in [5.41, 5.74) is 1.29. The van der Waals surface area contributed by atoms with Crippen LogP contribution in [0.4, 0.5) is 0 Å². The molecule has 0 bridgehead atoms. The number of hydrogen-bond donors (Lipinski definition) is 2. The van der Waals surface area contributed by atoms with Gasteiger partial charge in [0.15, 0.2) is 5.96 Å². The van der Waals surface area contributed by atoms with Crippen LogP contribution in [0.1, 0.15) is 27.1 Å². The lowest BCUT2D eigenvalue weighted by Crippen LogP contribution is -2.45. The predicted octanol–water partition coefficient (Wildman–Crippen LogP) is 3.24. The summed E-state index contributed by atoms with van der Waals surface area (Å²) in [5.74, 6) is 0.775. The van der Waals surface area contributed by atoms with Gasteiger partial charge in [0, 0.05) is 34.8 Å². The molecule has 142 valence electrons. The van der Waals surface area contributed by atoms with Crippen LogP contribution in [0, 0.1) is 0 Å². The number of rotatable bonds is 5. The highest BCUT2D eigenvalue weighted by molar-refractivity contribution is 14.0. The molecule has 5 nitrogen and oxygen atoms in total. The zero-order valence-corrected chi connectivity index (χ0v) is 19.0. The number of amides is 1. The van der Waals surface area contributed by atoms with Gasteiger partial charge in [0.1, 0.15) is 0 Å². The van der Waals surface area contributed by atoms with Gasteiger partial charge >= 0.3 is 0 Å². The van der Waals surface area contributed by atoms with Crippen LogP contribution < -0.4 is 10.6 Å². The first-order valence-electron chi connectivity index (χ1n) is 8.54. The Morgan fingerprint density at radius 2 is 2.08 bits per heavy atom. The molecule has 0 spiro atoms. The van der Waals surface area contributed by atoms with Crippen LogP contribution in [0.2, 0.25) is 0 Å². The van der Waals surface area contributed by atoms with E-state index >= 15 is 0 Å². The van der Waals surface area contributed by atoms with Crippen molar-refractivity contribution >= 4 is 58.5 Å². The van der Waals surface area contributed by atoms with Crippen molar-refractivity contribution in [3.8, 4) is 0 Å². The molecule has 0 aliphatic carbocycles. The predicted molar refractivity (Wildman–Crippen MR) is 121 cm³/mol. The smallest absolute Gasteiger partial charge is 0.242 e. The molecule has 3 heterocycles. The number of nitrogens with one attached hydrogen (secondary N) is 2. The van der Waals surface area contributed by atoms with Crippen molar-refractivity contribution in [1.29, 1.82) is 0 Å². The van der Waals surface area contributed by atoms with Crippen molar-refractivity contribution in [2.45, 2.75) is 32.9 Å². The SMILES string of the molecule is CCc1ccc(CNC(=NC)NCC(=O)N2CCc3sccc3C2)s1.I. The lowest BCUT2D eigenvalue weighted by molar-refractivity contribution is -0.130. The number of carbonyl (C=O) groups excluding carboxylic acids is 1. The van der Waals surface area contributed by atoms with E-state index in [9.17, 15) is 4.79 Å². The number of nitrogens with zero attached hydrogens (tertiary/aromatic N) is 2. The van der Waals surface area contributed by atoms with E-state index in [1.54, 1.807) is 18.4 Å². The number of aliphatic imine (C=N–C) groups is 1. The van der Waals surface area contributed by atoms with E-state index in [1.807, 2.05) is 16.2 Å². The minimum absolute atomic E-state index is 0. The summed E-state index contributed by atoms with van der Waals surface area (Å²) in [6.07, 6.45) is 2.03. The van der Waals surface area contributed by atoms with Crippen molar-refractivity contribution < 1.29 is 4.79 Å².